The lowest BCUT2D eigenvalue weighted by molar-refractivity contribution is 0.0692. The van der Waals surface area contributed by atoms with Crippen molar-refractivity contribution in [1.82, 2.24) is 19.7 Å². The number of aryl methyl sites for hydroxylation is 1. The van der Waals surface area contributed by atoms with Crippen molar-refractivity contribution in [2.24, 2.45) is 0 Å². The number of rotatable bonds is 9. The summed E-state index contributed by atoms with van der Waals surface area (Å²) in [7, 11) is 0. The van der Waals surface area contributed by atoms with Gasteiger partial charge in [0.2, 0.25) is 5.88 Å². The number of aromatic nitrogens is 3. The molecule has 1 saturated heterocycles. The predicted octanol–water partition coefficient (Wildman–Crippen LogP) is 5.07. The molecule has 0 radical (unpaired) electrons. The first-order valence-corrected chi connectivity index (χ1v) is 14.1. The molecule has 2 aliphatic heterocycles. The quantitative estimate of drug-likeness (QED) is 0.306. The van der Waals surface area contributed by atoms with Gasteiger partial charge in [0.25, 0.3) is 0 Å². The van der Waals surface area contributed by atoms with E-state index in [-0.39, 0.29) is 11.4 Å². The smallest absolute Gasteiger partial charge is 0.342 e. The monoisotopic (exact) mass is 554 g/mol. The molecular weight excluding hydrogens is 520 g/mol. The van der Waals surface area contributed by atoms with Crippen LogP contribution in [0.3, 0.4) is 0 Å². The minimum Gasteiger partial charge on any atom is -0.488 e. The van der Waals surface area contributed by atoms with Crippen molar-refractivity contribution in [3.63, 3.8) is 0 Å². The third kappa shape index (κ3) is 5.55. The van der Waals surface area contributed by atoms with Crippen molar-refractivity contribution in [1.29, 1.82) is 0 Å². The lowest BCUT2D eigenvalue weighted by Gasteiger charge is -2.33. The van der Waals surface area contributed by atoms with Gasteiger partial charge in [-0.2, -0.15) is 9.78 Å². The fourth-order valence-electron chi connectivity index (χ4n) is 5.65. The Morgan fingerprint density at radius 2 is 2.00 bits per heavy atom. The molecule has 9 nitrogen and oxygen atoms in total. The first-order chi connectivity index (χ1) is 20.0. The van der Waals surface area contributed by atoms with Gasteiger partial charge in [0, 0.05) is 31.3 Å². The summed E-state index contributed by atoms with van der Waals surface area (Å²) in [5.41, 5.74) is 6.45. The van der Waals surface area contributed by atoms with Crippen LogP contribution >= 0.6 is 0 Å². The van der Waals surface area contributed by atoms with Gasteiger partial charge in [0.15, 0.2) is 5.82 Å². The average Bonchev–Trinajstić information content (AvgIpc) is 3.67. The Bertz CT molecular complexity index is 1560. The molecule has 2 aromatic heterocycles. The number of carbonyl (C=O) groups is 1. The van der Waals surface area contributed by atoms with Crippen LogP contribution in [-0.4, -0.2) is 63.1 Å². The number of carboxylic acids is 1. The highest BCUT2D eigenvalue weighted by Crippen LogP contribution is 2.34. The van der Waals surface area contributed by atoms with E-state index in [1.165, 1.54) is 22.0 Å². The Kier molecular flexibility index (Phi) is 7.71. The first-order valence-electron chi connectivity index (χ1n) is 14.1. The third-order valence-electron chi connectivity index (χ3n) is 7.79. The molecule has 6 rings (SSSR count). The highest BCUT2D eigenvalue weighted by atomic mass is 16.5. The number of pyridine rings is 1. The molecule has 0 saturated carbocycles. The zero-order chi connectivity index (χ0) is 28.3. The van der Waals surface area contributed by atoms with E-state index in [1.54, 1.807) is 13.0 Å². The Labute approximate surface area is 239 Å². The van der Waals surface area contributed by atoms with Gasteiger partial charge in [-0.05, 0) is 67.1 Å². The van der Waals surface area contributed by atoms with Crippen molar-refractivity contribution >= 4 is 5.97 Å². The van der Waals surface area contributed by atoms with Crippen molar-refractivity contribution in [3.8, 4) is 28.7 Å². The lowest BCUT2D eigenvalue weighted by Crippen LogP contribution is -2.39. The van der Waals surface area contributed by atoms with Crippen LogP contribution in [0.4, 0.5) is 0 Å². The van der Waals surface area contributed by atoms with Crippen molar-refractivity contribution in [2.75, 3.05) is 26.4 Å². The summed E-state index contributed by atoms with van der Waals surface area (Å²) < 4.78 is 19.1. The number of para-hydroxylation sites is 1. The molecule has 4 heterocycles. The van der Waals surface area contributed by atoms with Crippen LogP contribution in [0.1, 0.15) is 46.0 Å². The number of benzene rings is 2. The number of carboxylic acid groups (broad SMARTS) is 1. The van der Waals surface area contributed by atoms with Gasteiger partial charge in [0.1, 0.15) is 17.9 Å². The first kappa shape index (κ1) is 27.0. The molecule has 1 fully saturated rings. The molecule has 2 aliphatic rings. The van der Waals surface area contributed by atoms with E-state index in [1.807, 2.05) is 37.3 Å². The summed E-state index contributed by atoms with van der Waals surface area (Å²) in [6.07, 6.45) is 3.44. The van der Waals surface area contributed by atoms with Gasteiger partial charge >= 0.3 is 5.97 Å². The maximum atomic E-state index is 11.7. The molecular formula is C32H34N4O5. The second kappa shape index (κ2) is 11.7. The molecule has 1 N–H and O–H groups in total. The van der Waals surface area contributed by atoms with E-state index >= 15 is 0 Å². The van der Waals surface area contributed by atoms with E-state index in [2.05, 4.69) is 28.2 Å². The molecule has 0 aliphatic carbocycles. The second-order valence-corrected chi connectivity index (χ2v) is 10.5. The Morgan fingerprint density at radius 3 is 2.80 bits per heavy atom. The van der Waals surface area contributed by atoms with E-state index in [9.17, 15) is 9.90 Å². The number of hydrogen-bond donors (Lipinski definition) is 1. The molecule has 1 atom stereocenters. The number of nitrogens with zero attached hydrogens (tertiary/aromatic N) is 4. The van der Waals surface area contributed by atoms with Crippen molar-refractivity contribution in [3.05, 3.63) is 88.6 Å². The zero-order valence-electron chi connectivity index (χ0n) is 23.4. The SMILES string of the molecule is CCOc1c(C(=O)O)cnn1-c1cccc(-c2cccc(C)c2OCc2ccc3c(c2)CCN(C2CCOC2)C3)n1. The molecule has 0 spiro atoms. The zero-order valence-corrected chi connectivity index (χ0v) is 23.4. The van der Waals surface area contributed by atoms with Crippen LogP contribution in [0, 0.1) is 6.92 Å². The topological polar surface area (TPSA) is 98.9 Å². The fraction of sp³-hybridized carbons (Fsp3) is 0.344. The van der Waals surface area contributed by atoms with Gasteiger partial charge in [-0.1, -0.05) is 36.4 Å². The summed E-state index contributed by atoms with van der Waals surface area (Å²) in [5.74, 6) is 0.267. The Balaban J connectivity index is 1.23. The van der Waals surface area contributed by atoms with Gasteiger partial charge in [-0.15, -0.1) is 0 Å². The van der Waals surface area contributed by atoms with Crippen LogP contribution in [-0.2, 0) is 24.3 Å². The third-order valence-corrected chi connectivity index (χ3v) is 7.79. The highest BCUT2D eigenvalue weighted by Gasteiger charge is 2.27. The summed E-state index contributed by atoms with van der Waals surface area (Å²) in [6, 6.07) is 18.8. The summed E-state index contributed by atoms with van der Waals surface area (Å²) in [6.45, 7) is 8.32. The van der Waals surface area contributed by atoms with Crippen molar-refractivity contribution in [2.45, 2.75) is 45.9 Å². The standard InChI is InChI=1S/C32H34N4O5/c1-3-40-31-27(32(37)38)17-33-36(31)29-9-5-8-28(34-29)26-7-4-6-21(2)30(26)41-19-22-10-11-24-18-35(14-12-23(24)16-22)25-13-15-39-20-25/h4-11,16-17,25H,3,12-15,18-20H2,1-2H3,(H,37,38). The van der Waals surface area contributed by atoms with E-state index < -0.39 is 5.97 Å². The van der Waals surface area contributed by atoms with Crippen LogP contribution in [0.15, 0.2) is 60.8 Å². The molecule has 0 amide bonds. The number of hydrogen-bond acceptors (Lipinski definition) is 7. The van der Waals surface area contributed by atoms with E-state index in [0.717, 1.165) is 61.6 Å². The molecule has 1 unspecified atom stereocenters. The average molecular weight is 555 g/mol. The van der Waals surface area contributed by atoms with Crippen LogP contribution in [0.2, 0.25) is 0 Å². The largest absolute Gasteiger partial charge is 0.488 e. The molecule has 0 bridgehead atoms. The van der Waals surface area contributed by atoms with E-state index in [4.69, 9.17) is 19.2 Å². The van der Waals surface area contributed by atoms with Gasteiger partial charge in [-0.25, -0.2) is 9.78 Å². The molecule has 41 heavy (non-hydrogen) atoms. The normalized spacial score (nSPS) is 16.9. The Hall–Kier alpha value is -4.21. The number of ether oxygens (including phenoxy) is 3. The number of aromatic carboxylic acids is 1. The molecule has 4 aromatic rings. The second-order valence-electron chi connectivity index (χ2n) is 10.5. The highest BCUT2D eigenvalue weighted by molar-refractivity contribution is 5.90. The van der Waals surface area contributed by atoms with E-state index in [0.29, 0.717) is 30.8 Å². The Morgan fingerprint density at radius 1 is 1.12 bits per heavy atom. The predicted molar refractivity (Wildman–Crippen MR) is 154 cm³/mol. The minimum atomic E-state index is -1.10. The molecule has 212 valence electrons. The summed E-state index contributed by atoms with van der Waals surface area (Å²) in [4.78, 5) is 19.0. The van der Waals surface area contributed by atoms with Gasteiger partial charge < -0.3 is 19.3 Å². The van der Waals surface area contributed by atoms with Gasteiger partial charge in [0.05, 0.1) is 25.1 Å². The van der Waals surface area contributed by atoms with Crippen LogP contribution in [0.25, 0.3) is 17.1 Å². The van der Waals surface area contributed by atoms with Gasteiger partial charge in [-0.3, -0.25) is 4.90 Å². The summed E-state index contributed by atoms with van der Waals surface area (Å²) >= 11 is 0. The summed E-state index contributed by atoms with van der Waals surface area (Å²) in [5, 5.41) is 13.8. The maximum Gasteiger partial charge on any atom is 0.342 e. The van der Waals surface area contributed by atoms with Crippen LogP contribution in [0.5, 0.6) is 11.6 Å². The minimum absolute atomic E-state index is 0.0102. The number of fused-ring (bicyclic) bond motifs is 1. The molecule has 9 heteroatoms. The lowest BCUT2D eigenvalue weighted by atomic mass is 9.96. The molecule has 2 aromatic carbocycles. The fourth-order valence-corrected chi connectivity index (χ4v) is 5.65. The maximum absolute atomic E-state index is 11.7. The van der Waals surface area contributed by atoms with Crippen LogP contribution < -0.4 is 9.47 Å². The van der Waals surface area contributed by atoms with Crippen molar-refractivity contribution < 1.29 is 24.1 Å².